The molecular formula is C8H11N3O. The summed E-state index contributed by atoms with van der Waals surface area (Å²) in [5, 5.41) is 1.86. The summed E-state index contributed by atoms with van der Waals surface area (Å²) in [6.45, 7) is 0.617. The molecule has 0 aliphatic carbocycles. The van der Waals surface area contributed by atoms with Crippen LogP contribution in [0.15, 0.2) is 24.0 Å². The second-order valence-electron chi connectivity index (χ2n) is 2.94. The van der Waals surface area contributed by atoms with E-state index in [2.05, 4.69) is 5.43 Å². The van der Waals surface area contributed by atoms with E-state index in [0.29, 0.717) is 6.54 Å². The monoisotopic (exact) mass is 165 g/mol. The van der Waals surface area contributed by atoms with Crippen molar-refractivity contribution in [2.45, 2.75) is 6.42 Å². The number of fused-ring (bicyclic) bond motifs is 1. The van der Waals surface area contributed by atoms with Crippen molar-refractivity contribution in [2.24, 2.45) is 11.7 Å². The van der Waals surface area contributed by atoms with E-state index in [1.807, 2.05) is 23.4 Å². The molecule has 1 unspecified atom stereocenters. The number of carbonyl (C=O) groups is 1. The van der Waals surface area contributed by atoms with Gasteiger partial charge < -0.3 is 5.73 Å². The number of nitrogens with zero attached hydrogens (tertiary/aromatic N) is 1. The second kappa shape index (κ2) is 2.64. The van der Waals surface area contributed by atoms with Crippen molar-refractivity contribution in [3.05, 3.63) is 24.0 Å². The molecule has 1 saturated heterocycles. The van der Waals surface area contributed by atoms with Gasteiger partial charge in [0.1, 0.15) is 0 Å². The van der Waals surface area contributed by atoms with Gasteiger partial charge >= 0.3 is 0 Å². The third-order valence-corrected chi connectivity index (χ3v) is 2.16. The van der Waals surface area contributed by atoms with Crippen LogP contribution in [0.5, 0.6) is 0 Å². The molecule has 2 heterocycles. The van der Waals surface area contributed by atoms with Crippen LogP contribution in [0.3, 0.4) is 0 Å². The normalized spacial score (nSPS) is 26.8. The highest BCUT2D eigenvalue weighted by Gasteiger charge is 2.30. The molecule has 3 N–H and O–H groups in total. The van der Waals surface area contributed by atoms with Crippen molar-refractivity contribution in [1.29, 1.82) is 0 Å². The van der Waals surface area contributed by atoms with Gasteiger partial charge in [-0.2, -0.15) is 0 Å². The second-order valence-corrected chi connectivity index (χ2v) is 2.94. The molecule has 0 aromatic rings. The van der Waals surface area contributed by atoms with Crippen LogP contribution >= 0.6 is 0 Å². The van der Waals surface area contributed by atoms with Crippen LogP contribution in [0.4, 0.5) is 0 Å². The Morgan fingerprint density at radius 2 is 2.58 bits per heavy atom. The molecule has 0 radical (unpaired) electrons. The number of allylic oxidation sites excluding steroid dienone is 2. The van der Waals surface area contributed by atoms with Gasteiger partial charge in [0.2, 0.25) is 5.91 Å². The number of carbonyl (C=O) groups excluding carboxylic acids is 1. The molecular weight excluding hydrogens is 154 g/mol. The van der Waals surface area contributed by atoms with Gasteiger partial charge in [-0.25, -0.2) is 5.43 Å². The minimum Gasteiger partial charge on any atom is -0.369 e. The first-order valence-electron chi connectivity index (χ1n) is 3.98. The van der Waals surface area contributed by atoms with Crippen molar-refractivity contribution < 1.29 is 4.79 Å². The minimum absolute atomic E-state index is 0.157. The number of hydrogen-bond acceptors (Lipinski definition) is 3. The predicted molar refractivity (Wildman–Crippen MR) is 44.4 cm³/mol. The van der Waals surface area contributed by atoms with E-state index >= 15 is 0 Å². The Morgan fingerprint density at radius 3 is 3.33 bits per heavy atom. The lowest BCUT2D eigenvalue weighted by molar-refractivity contribution is -0.120. The Balaban J connectivity index is 2.23. The Bertz CT molecular complexity index is 269. The van der Waals surface area contributed by atoms with Crippen molar-refractivity contribution in [3.8, 4) is 0 Å². The van der Waals surface area contributed by atoms with Crippen molar-refractivity contribution in [1.82, 2.24) is 10.4 Å². The van der Waals surface area contributed by atoms with Crippen LogP contribution in [0, 0.1) is 5.92 Å². The van der Waals surface area contributed by atoms with Crippen molar-refractivity contribution >= 4 is 5.91 Å². The Labute approximate surface area is 70.7 Å². The van der Waals surface area contributed by atoms with Crippen LogP contribution in [0.25, 0.3) is 0 Å². The van der Waals surface area contributed by atoms with E-state index in [1.165, 1.54) is 0 Å². The molecule has 0 saturated carbocycles. The van der Waals surface area contributed by atoms with Crippen LogP contribution in [0.2, 0.25) is 0 Å². The van der Waals surface area contributed by atoms with Crippen LogP contribution in [-0.4, -0.2) is 17.5 Å². The summed E-state index contributed by atoms with van der Waals surface area (Å²) in [7, 11) is 0. The molecule has 12 heavy (non-hydrogen) atoms. The number of nitrogens with one attached hydrogen (secondary N) is 1. The van der Waals surface area contributed by atoms with Crippen molar-refractivity contribution in [2.75, 3.05) is 6.54 Å². The van der Waals surface area contributed by atoms with Crippen LogP contribution in [0.1, 0.15) is 6.42 Å². The number of amides is 1. The van der Waals surface area contributed by atoms with Gasteiger partial charge in [-0.1, -0.05) is 12.2 Å². The summed E-state index contributed by atoms with van der Waals surface area (Å²) in [4.78, 5) is 10.9. The summed E-state index contributed by atoms with van der Waals surface area (Å²) in [5.41, 5.74) is 9.29. The Morgan fingerprint density at radius 1 is 1.75 bits per heavy atom. The zero-order valence-corrected chi connectivity index (χ0v) is 6.66. The topological polar surface area (TPSA) is 58.4 Å². The molecule has 0 spiro atoms. The lowest BCUT2D eigenvalue weighted by Gasteiger charge is -2.18. The summed E-state index contributed by atoms with van der Waals surface area (Å²) >= 11 is 0. The smallest absolute Gasteiger partial charge is 0.227 e. The summed E-state index contributed by atoms with van der Waals surface area (Å²) < 4.78 is 0. The third-order valence-electron chi connectivity index (χ3n) is 2.16. The maximum atomic E-state index is 10.9. The standard InChI is InChI=1S/C8H11N3O/c9-8(12)6-5-10-11-4-2-1-3-7(6)11/h2-4,6,10H,1,5H2,(H2,9,12). The van der Waals surface area contributed by atoms with Crippen LogP contribution in [-0.2, 0) is 4.79 Å². The Hall–Kier alpha value is -1.29. The van der Waals surface area contributed by atoms with E-state index in [0.717, 1.165) is 12.1 Å². The minimum atomic E-state index is -0.258. The first kappa shape index (κ1) is 7.36. The fourth-order valence-electron chi connectivity index (χ4n) is 1.53. The molecule has 1 fully saturated rings. The third kappa shape index (κ3) is 1.00. The van der Waals surface area contributed by atoms with Gasteiger partial charge in [0.05, 0.1) is 5.92 Å². The molecule has 64 valence electrons. The van der Waals surface area contributed by atoms with Gasteiger partial charge in [0.25, 0.3) is 0 Å². The number of hydrogen-bond donors (Lipinski definition) is 2. The average Bonchev–Trinajstić information content (AvgIpc) is 2.47. The molecule has 0 aromatic carbocycles. The zero-order valence-electron chi connectivity index (χ0n) is 6.66. The maximum Gasteiger partial charge on any atom is 0.227 e. The fraction of sp³-hybridized carbons (Fsp3) is 0.375. The largest absolute Gasteiger partial charge is 0.369 e. The quantitative estimate of drug-likeness (QED) is 0.561. The highest BCUT2D eigenvalue weighted by Crippen LogP contribution is 2.23. The van der Waals surface area contributed by atoms with Gasteiger partial charge in [0, 0.05) is 18.4 Å². The van der Waals surface area contributed by atoms with E-state index < -0.39 is 0 Å². The number of rotatable bonds is 1. The predicted octanol–water partition coefficient (Wildman–Crippen LogP) is -0.291. The molecule has 4 nitrogen and oxygen atoms in total. The zero-order chi connectivity index (χ0) is 8.55. The van der Waals surface area contributed by atoms with Gasteiger partial charge in [-0.05, 0) is 6.42 Å². The molecule has 1 atom stereocenters. The molecule has 1 amide bonds. The number of hydrazine groups is 1. The number of nitrogens with two attached hydrogens (primary N) is 1. The molecule has 0 bridgehead atoms. The molecule has 2 aliphatic rings. The highest BCUT2D eigenvalue weighted by atomic mass is 16.1. The summed E-state index contributed by atoms with van der Waals surface area (Å²) in [6, 6.07) is 0. The SMILES string of the molecule is NC(=O)C1CNN2C=CCC=C12. The number of primary amides is 1. The van der Waals surface area contributed by atoms with Crippen LogP contribution < -0.4 is 11.2 Å². The lowest BCUT2D eigenvalue weighted by atomic mass is 10.0. The summed E-state index contributed by atoms with van der Waals surface area (Å²) in [6.07, 6.45) is 6.87. The molecule has 0 aromatic heterocycles. The first-order valence-corrected chi connectivity index (χ1v) is 3.98. The van der Waals surface area contributed by atoms with Crippen molar-refractivity contribution in [3.63, 3.8) is 0 Å². The van der Waals surface area contributed by atoms with E-state index in [-0.39, 0.29) is 11.8 Å². The van der Waals surface area contributed by atoms with E-state index in [4.69, 9.17) is 5.73 Å². The molecule has 2 aliphatic heterocycles. The fourth-order valence-corrected chi connectivity index (χ4v) is 1.53. The highest BCUT2D eigenvalue weighted by molar-refractivity contribution is 5.80. The summed E-state index contributed by atoms with van der Waals surface area (Å²) in [5.74, 6) is -0.415. The van der Waals surface area contributed by atoms with E-state index in [9.17, 15) is 4.79 Å². The lowest BCUT2D eigenvalue weighted by Crippen LogP contribution is -2.26. The average molecular weight is 165 g/mol. The maximum absolute atomic E-state index is 10.9. The first-order chi connectivity index (χ1) is 5.79. The van der Waals surface area contributed by atoms with Gasteiger partial charge in [-0.15, -0.1) is 0 Å². The molecule has 2 rings (SSSR count). The Kier molecular flexibility index (Phi) is 1.62. The molecule has 4 heteroatoms. The van der Waals surface area contributed by atoms with Gasteiger partial charge in [0.15, 0.2) is 0 Å². The van der Waals surface area contributed by atoms with Gasteiger partial charge in [-0.3, -0.25) is 9.80 Å². The van der Waals surface area contributed by atoms with E-state index in [1.54, 1.807) is 0 Å².